The maximum atomic E-state index is 6.01. The van der Waals surface area contributed by atoms with Crippen molar-refractivity contribution in [2.75, 3.05) is 18.8 Å². The standard InChI is InChI=1S/C11H18N4/c12-11-6-10(8-3-4-8)14-15(11)9-2-1-5-13-7-9/h6,8-9,13H,1-5,7,12H2/t9-/m1/s1. The lowest BCUT2D eigenvalue weighted by Crippen LogP contribution is -2.32. The molecule has 1 aromatic rings. The van der Waals surface area contributed by atoms with E-state index in [-0.39, 0.29) is 0 Å². The highest BCUT2D eigenvalue weighted by molar-refractivity contribution is 5.34. The molecule has 1 aliphatic carbocycles. The molecule has 2 heterocycles. The predicted octanol–water partition coefficient (Wildman–Crippen LogP) is 1.27. The van der Waals surface area contributed by atoms with Crippen LogP contribution < -0.4 is 11.1 Å². The number of hydrogen-bond donors (Lipinski definition) is 2. The van der Waals surface area contributed by atoms with Crippen molar-refractivity contribution in [1.82, 2.24) is 15.1 Å². The summed E-state index contributed by atoms with van der Waals surface area (Å²) in [4.78, 5) is 0. The van der Waals surface area contributed by atoms with Gasteiger partial charge in [0.25, 0.3) is 0 Å². The van der Waals surface area contributed by atoms with Gasteiger partial charge in [-0.3, -0.25) is 0 Å². The molecule has 1 aromatic heterocycles. The predicted molar refractivity (Wildman–Crippen MR) is 59.8 cm³/mol. The van der Waals surface area contributed by atoms with Gasteiger partial charge in [-0.25, -0.2) is 4.68 Å². The minimum atomic E-state index is 0.464. The lowest BCUT2D eigenvalue weighted by molar-refractivity contribution is 0.349. The second-order valence-corrected chi connectivity index (χ2v) is 4.71. The van der Waals surface area contributed by atoms with Gasteiger partial charge < -0.3 is 11.1 Å². The molecule has 0 aromatic carbocycles. The van der Waals surface area contributed by atoms with Crippen molar-refractivity contribution in [3.05, 3.63) is 11.8 Å². The Kier molecular flexibility index (Phi) is 2.16. The molecule has 1 saturated heterocycles. The minimum Gasteiger partial charge on any atom is -0.384 e. The fourth-order valence-electron chi connectivity index (χ4n) is 2.34. The summed E-state index contributed by atoms with van der Waals surface area (Å²) in [6, 6.07) is 2.53. The largest absolute Gasteiger partial charge is 0.384 e. The Labute approximate surface area is 89.8 Å². The molecule has 0 amide bonds. The SMILES string of the molecule is Nc1cc(C2CC2)nn1[C@@H]1CCCNC1. The highest BCUT2D eigenvalue weighted by Gasteiger charge is 2.28. The van der Waals surface area contributed by atoms with E-state index in [1.165, 1.54) is 31.4 Å². The molecule has 0 radical (unpaired) electrons. The second kappa shape index (κ2) is 3.52. The van der Waals surface area contributed by atoms with Crippen LogP contribution in [0.5, 0.6) is 0 Å². The van der Waals surface area contributed by atoms with E-state index in [0.29, 0.717) is 12.0 Å². The monoisotopic (exact) mass is 206 g/mol. The topological polar surface area (TPSA) is 55.9 Å². The second-order valence-electron chi connectivity index (χ2n) is 4.71. The summed E-state index contributed by atoms with van der Waals surface area (Å²) in [6.07, 6.45) is 5.00. The van der Waals surface area contributed by atoms with E-state index in [1.807, 2.05) is 4.68 Å². The van der Waals surface area contributed by atoms with Gasteiger partial charge in [0.15, 0.2) is 0 Å². The van der Waals surface area contributed by atoms with Crippen LogP contribution in [0.25, 0.3) is 0 Å². The van der Waals surface area contributed by atoms with E-state index >= 15 is 0 Å². The van der Waals surface area contributed by atoms with E-state index in [4.69, 9.17) is 5.73 Å². The van der Waals surface area contributed by atoms with E-state index in [2.05, 4.69) is 16.5 Å². The highest BCUT2D eigenvalue weighted by Crippen LogP contribution is 2.40. The van der Waals surface area contributed by atoms with E-state index in [9.17, 15) is 0 Å². The van der Waals surface area contributed by atoms with Crippen LogP contribution in [0.2, 0.25) is 0 Å². The molecule has 0 bridgehead atoms. The van der Waals surface area contributed by atoms with Crippen LogP contribution in [0.3, 0.4) is 0 Å². The van der Waals surface area contributed by atoms with Gasteiger partial charge in [0.05, 0.1) is 11.7 Å². The number of nitrogens with two attached hydrogens (primary N) is 1. The summed E-state index contributed by atoms with van der Waals surface area (Å²) in [5.74, 6) is 1.54. The van der Waals surface area contributed by atoms with Gasteiger partial charge in [0.2, 0.25) is 0 Å². The van der Waals surface area contributed by atoms with Crippen molar-refractivity contribution in [3.63, 3.8) is 0 Å². The van der Waals surface area contributed by atoms with Crippen LogP contribution in [0.4, 0.5) is 5.82 Å². The van der Waals surface area contributed by atoms with Crippen LogP contribution in [0, 0.1) is 0 Å². The number of nitrogen functional groups attached to an aromatic ring is 1. The normalized spacial score (nSPS) is 26.8. The Hall–Kier alpha value is -1.03. The Bertz CT molecular complexity index is 347. The third kappa shape index (κ3) is 1.74. The molecular weight excluding hydrogens is 188 g/mol. The molecule has 3 rings (SSSR count). The first-order valence-electron chi connectivity index (χ1n) is 5.90. The third-order valence-electron chi connectivity index (χ3n) is 3.40. The van der Waals surface area contributed by atoms with Crippen molar-refractivity contribution >= 4 is 5.82 Å². The number of nitrogens with zero attached hydrogens (tertiary/aromatic N) is 2. The highest BCUT2D eigenvalue weighted by atomic mass is 15.3. The zero-order valence-electron chi connectivity index (χ0n) is 8.95. The molecule has 1 atom stereocenters. The maximum Gasteiger partial charge on any atom is 0.122 e. The minimum absolute atomic E-state index is 0.464. The quantitative estimate of drug-likeness (QED) is 0.766. The van der Waals surface area contributed by atoms with E-state index in [1.54, 1.807) is 0 Å². The van der Waals surface area contributed by atoms with E-state index < -0.39 is 0 Å². The van der Waals surface area contributed by atoms with Gasteiger partial charge in [-0.05, 0) is 32.2 Å². The zero-order valence-corrected chi connectivity index (χ0v) is 8.95. The van der Waals surface area contributed by atoms with Crippen molar-refractivity contribution < 1.29 is 0 Å². The van der Waals surface area contributed by atoms with Crippen LogP contribution in [-0.4, -0.2) is 22.9 Å². The summed E-state index contributed by atoms with van der Waals surface area (Å²) >= 11 is 0. The molecule has 15 heavy (non-hydrogen) atoms. The Morgan fingerprint density at radius 3 is 2.93 bits per heavy atom. The fourth-order valence-corrected chi connectivity index (χ4v) is 2.34. The van der Waals surface area contributed by atoms with Gasteiger partial charge in [-0.1, -0.05) is 0 Å². The average Bonchev–Trinajstić information content (AvgIpc) is 3.04. The molecule has 4 nitrogen and oxygen atoms in total. The molecule has 2 fully saturated rings. The lowest BCUT2D eigenvalue weighted by Gasteiger charge is -2.23. The first-order valence-corrected chi connectivity index (χ1v) is 5.90. The van der Waals surface area contributed by atoms with Gasteiger partial charge in [-0.15, -0.1) is 0 Å². The maximum absolute atomic E-state index is 6.01. The summed E-state index contributed by atoms with van der Waals surface area (Å²) in [7, 11) is 0. The molecule has 82 valence electrons. The smallest absolute Gasteiger partial charge is 0.122 e. The van der Waals surface area contributed by atoms with Crippen LogP contribution in [-0.2, 0) is 0 Å². The molecule has 0 spiro atoms. The average molecular weight is 206 g/mol. The van der Waals surface area contributed by atoms with Crippen molar-refractivity contribution in [2.45, 2.75) is 37.6 Å². The van der Waals surface area contributed by atoms with Crippen molar-refractivity contribution in [1.29, 1.82) is 0 Å². The first kappa shape index (κ1) is 9.21. The molecular formula is C11H18N4. The van der Waals surface area contributed by atoms with Crippen LogP contribution >= 0.6 is 0 Å². The Morgan fingerprint density at radius 2 is 2.27 bits per heavy atom. The number of hydrogen-bond acceptors (Lipinski definition) is 3. The van der Waals surface area contributed by atoms with E-state index in [0.717, 1.165) is 18.9 Å². The molecule has 1 saturated carbocycles. The van der Waals surface area contributed by atoms with Gasteiger partial charge >= 0.3 is 0 Å². The van der Waals surface area contributed by atoms with Gasteiger partial charge in [0, 0.05) is 18.5 Å². The molecule has 1 aliphatic heterocycles. The summed E-state index contributed by atoms with van der Waals surface area (Å²) in [6.45, 7) is 2.14. The van der Waals surface area contributed by atoms with Gasteiger partial charge in [0.1, 0.15) is 5.82 Å². The molecule has 0 unspecified atom stereocenters. The lowest BCUT2D eigenvalue weighted by atomic mass is 10.1. The van der Waals surface area contributed by atoms with Crippen molar-refractivity contribution in [2.24, 2.45) is 0 Å². The van der Waals surface area contributed by atoms with Crippen LogP contribution in [0.15, 0.2) is 6.07 Å². The number of nitrogens with one attached hydrogen (secondary N) is 1. The van der Waals surface area contributed by atoms with Crippen molar-refractivity contribution in [3.8, 4) is 0 Å². The van der Waals surface area contributed by atoms with Gasteiger partial charge in [-0.2, -0.15) is 5.10 Å². The zero-order chi connectivity index (χ0) is 10.3. The number of piperidine rings is 1. The molecule has 2 aliphatic rings. The Balaban J connectivity index is 1.82. The summed E-state index contributed by atoms with van der Waals surface area (Å²) in [5.41, 5.74) is 7.22. The number of anilines is 1. The number of aromatic nitrogens is 2. The van der Waals surface area contributed by atoms with Crippen LogP contribution in [0.1, 0.15) is 43.3 Å². The molecule has 3 N–H and O–H groups in total. The molecule has 4 heteroatoms. The Morgan fingerprint density at radius 1 is 1.40 bits per heavy atom. The first-order chi connectivity index (χ1) is 7.34. The summed E-state index contributed by atoms with van der Waals surface area (Å²) < 4.78 is 2.03. The summed E-state index contributed by atoms with van der Waals surface area (Å²) in [5, 5.41) is 8.05. The fraction of sp³-hybridized carbons (Fsp3) is 0.727. The third-order valence-corrected chi connectivity index (χ3v) is 3.40. The number of rotatable bonds is 2.